The molecule has 0 unspecified atom stereocenters. The Labute approximate surface area is 176 Å². The molecule has 1 fully saturated rings. The van der Waals surface area contributed by atoms with Crippen LogP contribution in [0.1, 0.15) is 37.0 Å². The second-order valence-electron chi connectivity index (χ2n) is 7.82. The highest BCUT2D eigenvalue weighted by molar-refractivity contribution is 6.30. The molecule has 4 nitrogen and oxygen atoms in total. The van der Waals surface area contributed by atoms with Gasteiger partial charge >= 0.3 is 0 Å². The maximum atomic E-state index is 13.2. The van der Waals surface area contributed by atoms with Crippen molar-refractivity contribution < 1.29 is 9.32 Å². The number of rotatable bonds is 7. The van der Waals surface area contributed by atoms with E-state index in [2.05, 4.69) is 5.16 Å². The van der Waals surface area contributed by atoms with Gasteiger partial charge in [0.25, 0.3) is 0 Å². The molecule has 5 heteroatoms. The Kier molecular flexibility index (Phi) is 5.72. The summed E-state index contributed by atoms with van der Waals surface area (Å²) in [6, 6.07) is 19.7. The standard InChI is InChI=1S/C24H25ClN2O2/c1-27(23(28)24(14-6-15-24)19-10-12-20(25)13-11-19)16-5-9-21-17-22(26-29-21)18-7-3-2-4-8-18/h2-4,7-8,10-13,17H,5-6,9,14-16H2,1H3. The molecule has 29 heavy (non-hydrogen) atoms. The summed E-state index contributed by atoms with van der Waals surface area (Å²) < 4.78 is 5.48. The number of amides is 1. The molecule has 2 aromatic carbocycles. The molecule has 0 radical (unpaired) electrons. The fourth-order valence-electron chi connectivity index (χ4n) is 4.06. The van der Waals surface area contributed by atoms with Crippen molar-refractivity contribution in [3.8, 4) is 11.3 Å². The van der Waals surface area contributed by atoms with Gasteiger partial charge in [-0.25, -0.2) is 0 Å². The lowest BCUT2D eigenvalue weighted by Crippen LogP contribution is -2.50. The summed E-state index contributed by atoms with van der Waals surface area (Å²) in [5.74, 6) is 1.05. The van der Waals surface area contributed by atoms with E-state index in [4.69, 9.17) is 16.1 Å². The summed E-state index contributed by atoms with van der Waals surface area (Å²) in [7, 11) is 1.90. The first-order valence-corrected chi connectivity index (χ1v) is 10.5. The molecule has 1 saturated carbocycles. The molecule has 1 amide bonds. The van der Waals surface area contributed by atoms with Crippen molar-refractivity contribution in [1.82, 2.24) is 10.1 Å². The van der Waals surface area contributed by atoms with Crippen molar-refractivity contribution in [2.45, 2.75) is 37.5 Å². The number of benzene rings is 2. The molecule has 0 N–H and O–H groups in total. The van der Waals surface area contributed by atoms with Crippen LogP contribution in [0.2, 0.25) is 5.02 Å². The summed E-state index contributed by atoms with van der Waals surface area (Å²) in [4.78, 5) is 15.1. The minimum atomic E-state index is -0.383. The Morgan fingerprint density at radius 3 is 2.52 bits per heavy atom. The second-order valence-corrected chi connectivity index (χ2v) is 8.25. The lowest BCUT2D eigenvalue weighted by molar-refractivity contribution is -0.139. The first-order chi connectivity index (χ1) is 14.1. The Hall–Kier alpha value is -2.59. The van der Waals surface area contributed by atoms with Gasteiger partial charge in [-0.15, -0.1) is 0 Å². The van der Waals surface area contributed by atoms with Crippen molar-refractivity contribution in [2.24, 2.45) is 0 Å². The molecule has 1 aromatic heterocycles. The average Bonchev–Trinajstić information content (AvgIpc) is 3.18. The SMILES string of the molecule is CN(CCCc1cc(-c2ccccc2)no1)C(=O)C1(c2ccc(Cl)cc2)CCC1. The van der Waals surface area contributed by atoms with Crippen LogP contribution in [0.15, 0.2) is 65.2 Å². The number of carbonyl (C=O) groups is 1. The summed E-state index contributed by atoms with van der Waals surface area (Å²) >= 11 is 6.02. The first-order valence-electron chi connectivity index (χ1n) is 10.1. The van der Waals surface area contributed by atoms with Gasteiger partial charge in [0, 0.05) is 36.7 Å². The van der Waals surface area contributed by atoms with Crippen LogP contribution in [-0.2, 0) is 16.6 Å². The Bertz CT molecular complexity index is 962. The van der Waals surface area contributed by atoms with Gasteiger partial charge < -0.3 is 9.42 Å². The third-order valence-corrected chi connectivity index (χ3v) is 6.16. The molecule has 1 heterocycles. The van der Waals surface area contributed by atoms with E-state index in [1.54, 1.807) is 0 Å². The smallest absolute Gasteiger partial charge is 0.232 e. The summed E-state index contributed by atoms with van der Waals surface area (Å²) in [5, 5.41) is 4.86. The molecule has 0 bridgehead atoms. The van der Waals surface area contributed by atoms with E-state index in [-0.39, 0.29) is 11.3 Å². The zero-order valence-electron chi connectivity index (χ0n) is 16.6. The predicted molar refractivity (Wildman–Crippen MR) is 115 cm³/mol. The topological polar surface area (TPSA) is 46.3 Å². The Morgan fingerprint density at radius 2 is 1.86 bits per heavy atom. The van der Waals surface area contributed by atoms with Crippen LogP contribution >= 0.6 is 11.6 Å². The van der Waals surface area contributed by atoms with Gasteiger partial charge in [0.05, 0.1) is 5.41 Å². The van der Waals surface area contributed by atoms with Gasteiger partial charge in [0.1, 0.15) is 11.5 Å². The Morgan fingerprint density at radius 1 is 1.14 bits per heavy atom. The van der Waals surface area contributed by atoms with E-state index >= 15 is 0 Å². The summed E-state index contributed by atoms with van der Waals surface area (Å²) in [6.45, 7) is 0.690. The quantitative estimate of drug-likeness (QED) is 0.518. The number of hydrogen-bond donors (Lipinski definition) is 0. The van der Waals surface area contributed by atoms with Crippen molar-refractivity contribution in [3.63, 3.8) is 0 Å². The normalized spacial score (nSPS) is 15.0. The Balaban J connectivity index is 1.35. The largest absolute Gasteiger partial charge is 0.361 e. The highest BCUT2D eigenvalue weighted by Gasteiger charge is 2.46. The molecule has 3 aromatic rings. The van der Waals surface area contributed by atoms with Crippen LogP contribution in [0.25, 0.3) is 11.3 Å². The van der Waals surface area contributed by atoms with E-state index in [1.165, 1.54) is 0 Å². The number of aryl methyl sites for hydroxylation is 1. The zero-order valence-corrected chi connectivity index (χ0v) is 17.4. The highest BCUT2D eigenvalue weighted by atomic mass is 35.5. The molecule has 0 atom stereocenters. The predicted octanol–water partition coefficient (Wildman–Crippen LogP) is 5.51. The van der Waals surface area contributed by atoms with Crippen molar-refractivity contribution in [3.05, 3.63) is 77.0 Å². The summed E-state index contributed by atoms with van der Waals surface area (Å²) in [5.41, 5.74) is 2.59. The molecule has 0 aliphatic heterocycles. The van der Waals surface area contributed by atoms with Gasteiger partial charge in [-0.2, -0.15) is 0 Å². The molecule has 0 spiro atoms. The van der Waals surface area contributed by atoms with Gasteiger partial charge in [-0.05, 0) is 37.0 Å². The molecular formula is C24H25ClN2O2. The number of carbonyl (C=O) groups excluding carboxylic acids is 1. The van der Waals surface area contributed by atoms with E-state index < -0.39 is 0 Å². The van der Waals surface area contributed by atoms with Crippen molar-refractivity contribution >= 4 is 17.5 Å². The van der Waals surface area contributed by atoms with E-state index in [0.717, 1.165) is 54.7 Å². The molecule has 4 rings (SSSR count). The maximum Gasteiger partial charge on any atom is 0.232 e. The molecule has 150 valence electrons. The fraction of sp³-hybridized carbons (Fsp3) is 0.333. The average molecular weight is 409 g/mol. The van der Waals surface area contributed by atoms with E-state index in [9.17, 15) is 4.79 Å². The van der Waals surface area contributed by atoms with Gasteiger partial charge in [-0.3, -0.25) is 4.79 Å². The van der Waals surface area contributed by atoms with Gasteiger partial charge in [-0.1, -0.05) is 65.6 Å². The summed E-state index contributed by atoms with van der Waals surface area (Å²) in [6.07, 6.45) is 4.48. The lowest BCUT2D eigenvalue weighted by atomic mass is 9.63. The molecule has 1 aliphatic rings. The number of hydrogen-bond acceptors (Lipinski definition) is 3. The van der Waals surface area contributed by atoms with E-state index in [1.807, 2.05) is 72.6 Å². The van der Waals surface area contributed by atoms with Gasteiger partial charge in [0.2, 0.25) is 5.91 Å². The lowest BCUT2D eigenvalue weighted by Gasteiger charge is -2.43. The minimum absolute atomic E-state index is 0.202. The second kappa shape index (κ2) is 8.42. The van der Waals surface area contributed by atoms with Crippen LogP contribution in [-0.4, -0.2) is 29.6 Å². The minimum Gasteiger partial charge on any atom is -0.361 e. The number of nitrogens with zero attached hydrogens (tertiary/aromatic N) is 2. The first kappa shape index (κ1) is 19.7. The maximum absolute atomic E-state index is 13.2. The molecule has 1 aliphatic carbocycles. The van der Waals surface area contributed by atoms with E-state index in [0.29, 0.717) is 11.6 Å². The van der Waals surface area contributed by atoms with Crippen LogP contribution < -0.4 is 0 Å². The monoisotopic (exact) mass is 408 g/mol. The number of likely N-dealkylation sites (N-methyl/N-ethyl adjacent to an activating group) is 1. The highest BCUT2D eigenvalue weighted by Crippen LogP contribution is 2.45. The van der Waals surface area contributed by atoms with Crippen LogP contribution in [0.5, 0.6) is 0 Å². The number of halogens is 1. The third kappa shape index (κ3) is 4.08. The number of aromatic nitrogens is 1. The molecular weight excluding hydrogens is 384 g/mol. The van der Waals surface area contributed by atoms with Crippen LogP contribution in [0, 0.1) is 0 Å². The van der Waals surface area contributed by atoms with Crippen LogP contribution in [0.4, 0.5) is 0 Å². The van der Waals surface area contributed by atoms with Crippen molar-refractivity contribution in [2.75, 3.05) is 13.6 Å². The van der Waals surface area contributed by atoms with Crippen molar-refractivity contribution in [1.29, 1.82) is 0 Å². The zero-order chi connectivity index (χ0) is 20.3. The van der Waals surface area contributed by atoms with Gasteiger partial charge in [0.15, 0.2) is 0 Å². The molecule has 0 saturated heterocycles. The fourth-order valence-corrected chi connectivity index (χ4v) is 4.18. The van der Waals surface area contributed by atoms with Crippen LogP contribution in [0.3, 0.4) is 0 Å². The third-order valence-electron chi connectivity index (χ3n) is 5.91.